The second-order valence-electron chi connectivity index (χ2n) is 13.2. The minimum atomic E-state index is 0.889. The Morgan fingerprint density at radius 2 is 0.537 bits per heavy atom. The minimum absolute atomic E-state index is 0.889. The van der Waals surface area contributed by atoms with Gasteiger partial charge < -0.3 is 0 Å². The lowest BCUT2D eigenvalue weighted by atomic mass is 9.90. The van der Waals surface area contributed by atoms with Gasteiger partial charge in [0.05, 0.1) is 34.2 Å². The maximum absolute atomic E-state index is 5.07. The van der Waals surface area contributed by atoms with Crippen molar-refractivity contribution in [3.8, 4) is 67.5 Å². The molecule has 10 aromatic rings. The number of nitrogens with zero attached hydrogens (tertiary/aromatic N) is 6. The number of benzene rings is 4. The molecule has 6 heterocycles. The maximum atomic E-state index is 5.07. The van der Waals surface area contributed by atoms with Crippen molar-refractivity contribution in [2.24, 2.45) is 0 Å². The van der Waals surface area contributed by atoms with Crippen LogP contribution in [0, 0.1) is 0 Å². The second kappa shape index (κ2) is 13.3. The second-order valence-corrected chi connectivity index (χ2v) is 13.2. The Labute approximate surface area is 311 Å². The maximum Gasteiger partial charge on any atom is 0.0725 e. The van der Waals surface area contributed by atoms with Gasteiger partial charge >= 0.3 is 0 Å². The van der Waals surface area contributed by atoms with Gasteiger partial charge in [-0.1, -0.05) is 54.6 Å². The third-order valence-corrected chi connectivity index (χ3v) is 9.94. The molecule has 54 heavy (non-hydrogen) atoms. The first-order valence-electron chi connectivity index (χ1n) is 17.8. The molecule has 0 saturated heterocycles. The summed E-state index contributed by atoms with van der Waals surface area (Å²) in [5, 5.41) is 6.96. The number of rotatable bonds is 6. The van der Waals surface area contributed by atoms with Gasteiger partial charge in [0.2, 0.25) is 0 Å². The first kappa shape index (κ1) is 31.3. The van der Waals surface area contributed by atoms with E-state index in [9.17, 15) is 0 Å². The zero-order valence-electron chi connectivity index (χ0n) is 29.0. The summed E-state index contributed by atoms with van der Waals surface area (Å²) >= 11 is 0. The van der Waals surface area contributed by atoms with E-state index in [0.29, 0.717) is 0 Å². The number of aromatic nitrogens is 6. The third-order valence-electron chi connectivity index (χ3n) is 9.94. The Hall–Kier alpha value is -7.44. The highest BCUT2D eigenvalue weighted by Gasteiger charge is 2.15. The van der Waals surface area contributed by atoms with Gasteiger partial charge in [0.25, 0.3) is 0 Å². The topological polar surface area (TPSA) is 77.3 Å². The zero-order chi connectivity index (χ0) is 35.8. The van der Waals surface area contributed by atoms with E-state index in [1.165, 1.54) is 16.2 Å². The molecule has 0 spiro atoms. The molecule has 0 fully saturated rings. The Morgan fingerprint density at radius 3 is 0.815 bits per heavy atom. The number of hydrogen-bond acceptors (Lipinski definition) is 6. The van der Waals surface area contributed by atoms with E-state index in [4.69, 9.17) is 15.0 Å². The monoisotopic (exact) mass is 690 g/mol. The number of hydrogen-bond donors (Lipinski definition) is 0. The molecule has 0 amide bonds. The van der Waals surface area contributed by atoms with E-state index in [2.05, 4.69) is 106 Å². The Kier molecular flexibility index (Phi) is 7.69. The standard InChI is InChI=1S/C48H30N6/c1-10-43(52-46(13-1)34-7-4-22-49-28-34)31-16-19-37-40(25-31)38-20-17-32(44-11-2-14-47(53-44)35-8-5-23-50-29-35)27-42(38)39-21-18-33(26-41(37)39)45-12-3-15-48(54-45)36-9-6-24-51-30-36/h1-30H. The van der Waals surface area contributed by atoms with Crippen LogP contribution in [0.2, 0.25) is 0 Å². The van der Waals surface area contributed by atoms with E-state index in [1.54, 1.807) is 18.6 Å². The quantitative estimate of drug-likeness (QED) is 0.162. The molecule has 4 aromatic carbocycles. The summed E-state index contributed by atoms with van der Waals surface area (Å²) < 4.78 is 0. The van der Waals surface area contributed by atoms with Crippen molar-refractivity contribution >= 4 is 32.3 Å². The summed E-state index contributed by atoms with van der Waals surface area (Å²) in [7, 11) is 0. The van der Waals surface area contributed by atoms with Crippen molar-refractivity contribution in [3.05, 3.63) is 183 Å². The van der Waals surface area contributed by atoms with Crippen LogP contribution in [0.1, 0.15) is 0 Å². The summed E-state index contributed by atoms with van der Waals surface area (Å²) in [6.07, 6.45) is 10.9. The highest BCUT2D eigenvalue weighted by Crippen LogP contribution is 2.40. The average Bonchev–Trinajstić information content (AvgIpc) is 3.27. The van der Waals surface area contributed by atoms with Gasteiger partial charge in [-0.25, -0.2) is 15.0 Å². The molecule has 10 rings (SSSR count). The molecule has 0 aliphatic carbocycles. The predicted octanol–water partition coefficient (Wildman–Crippen LogP) is 11.5. The predicted molar refractivity (Wildman–Crippen MR) is 218 cm³/mol. The van der Waals surface area contributed by atoms with E-state index in [-0.39, 0.29) is 0 Å². The van der Waals surface area contributed by atoms with Crippen LogP contribution >= 0.6 is 0 Å². The van der Waals surface area contributed by atoms with Crippen molar-refractivity contribution in [2.75, 3.05) is 0 Å². The largest absolute Gasteiger partial charge is 0.264 e. The zero-order valence-corrected chi connectivity index (χ0v) is 29.0. The lowest BCUT2D eigenvalue weighted by molar-refractivity contribution is 1.28. The smallest absolute Gasteiger partial charge is 0.0725 e. The molecular formula is C48H30N6. The fourth-order valence-electron chi connectivity index (χ4n) is 7.30. The summed E-state index contributed by atoms with van der Waals surface area (Å²) in [5.74, 6) is 0. The first-order chi connectivity index (χ1) is 26.7. The number of fused-ring (bicyclic) bond motifs is 6. The van der Waals surface area contributed by atoms with Gasteiger partial charge in [-0.05, 0) is 123 Å². The summed E-state index contributed by atoms with van der Waals surface area (Å²) in [5.41, 5.74) is 11.5. The van der Waals surface area contributed by atoms with Crippen LogP contribution < -0.4 is 0 Å². The lowest BCUT2D eigenvalue weighted by Crippen LogP contribution is -1.92. The molecule has 6 heteroatoms. The minimum Gasteiger partial charge on any atom is -0.264 e. The van der Waals surface area contributed by atoms with Gasteiger partial charge in [0, 0.05) is 70.6 Å². The Morgan fingerprint density at radius 1 is 0.241 bits per heavy atom. The van der Waals surface area contributed by atoms with Gasteiger partial charge in [-0.3, -0.25) is 15.0 Å². The van der Waals surface area contributed by atoms with Gasteiger partial charge in [-0.2, -0.15) is 0 Å². The average molecular weight is 691 g/mol. The molecule has 0 atom stereocenters. The fourth-order valence-corrected chi connectivity index (χ4v) is 7.30. The molecule has 0 bridgehead atoms. The fraction of sp³-hybridized carbons (Fsp3) is 0. The van der Waals surface area contributed by atoms with Crippen molar-refractivity contribution in [1.82, 2.24) is 29.9 Å². The molecule has 6 nitrogen and oxygen atoms in total. The normalized spacial score (nSPS) is 11.3. The molecule has 6 aromatic heterocycles. The van der Waals surface area contributed by atoms with Crippen LogP contribution in [0.3, 0.4) is 0 Å². The van der Waals surface area contributed by atoms with Gasteiger partial charge in [0.1, 0.15) is 0 Å². The molecule has 0 radical (unpaired) electrons. The van der Waals surface area contributed by atoms with E-state index in [0.717, 1.165) is 83.7 Å². The van der Waals surface area contributed by atoms with Crippen LogP contribution in [-0.2, 0) is 0 Å². The van der Waals surface area contributed by atoms with Crippen LogP contribution in [-0.4, -0.2) is 29.9 Å². The van der Waals surface area contributed by atoms with Crippen LogP contribution in [0.25, 0.3) is 99.9 Å². The Bertz CT molecular complexity index is 2630. The van der Waals surface area contributed by atoms with Gasteiger partial charge in [0.15, 0.2) is 0 Å². The molecule has 0 aliphatic rings. The highest BCUT2D eigenvalue weighted by atomic mass is 14.7. The lowest BCUT2D eigenvalue weighted by Gasteiger charge is -2.15. The molecule has 0 aliphatic heterocycles. The molecule has 252 valence electrons. The number of pyridine rings is 6. The first-order valence-corrected chi connectivity index (χ1v) is 17.8. The molecule has 0 unspecified atom stereocenters. The SMILES string of the molecule is c1cncc(-c2cccc(-c3ccc4c(c3)c3ccc(-c5cccc(-c6cccnc6)n5)cc3c3ccc(-c5cccc(-c6cccnc6)n5)cc43)n2)c1. The van der Waals surface area contributed by atoms with Crippen molar-refractivity contribution in [2.45, 2.75) is 0 Å². The third kappa shape index (κ3) is 5.72. The molecule has 0 N–H and O–H groups in total. The van der Waals surface area contributed by atoms with Crippen LogP contribution in [0.5, 0.6) is 0 Å². The van der Waals surface area contributed by atoms with E-state index in [1.807, 2.05) is 73.2 Å². The summed E-state index contributed by atoms with van der Waals surface area (Å²) in [6, 6.07) is 50.5. The van der Waals surface area contributed by atoms with Crippen LogP contribution in [0.4, 0.5) is 0 Å². The van der Waals surface area contributed by atoms with Gasteiger partial charge in [-0.15, -0.1) is 0 Å². The highest BCUT2D eigenvalue weighted by molar-refractivity contribution is 6.26. The Balaban J connectivity index is 1.17. The van der Waals surface area contributed by atoms with Crippen molar-refractivity contribution in [1.29, 1.82) is 0 Å². The summed E-state index contributed by atoms with van der Waals surface area (Å²) in [6.45, 7) is 0. The summed E-state index contributed by atoms with van der Waals surface area (Å²) in [4.78, 5) is 28.1. The van der Waals surface area contributed by atoms with E-state index < -0.39 is 0 Å². The van der Waals surface area contributed by atoms with E-state index >= 15 is 0 Å². The molecular weight excluding hydrogens is 661 g/mol. The van der Waals surface area contributed by atoms with Crippen molar-refractivity contribution in [3.63, 3.8) is 0 Å². The van der Waals surface area contributed by atoms with Crippen molar-refractivity contribution < 1.29 is 0 Å². The molecule has 0 saturated carbocycles. The van der Waals surface area contributed by atoms with Crippen LogP contribution in [0.15, 0.2) is 183 Å².